The molecular formula is C14H22F3NO3. The molecule has 4 nitrogen and oxygen atoms in total. The summed E-state index contributed by atoms with van der Waals surface area (Å²) in [5.74, 6) is -3.86. The standard InChI is InChI=1S/C14H22F3NO3/c1-13(2,3)18(8-11(19)20)12(21)9-5-4-6-10(7-9)14(15,16)17/h9-10H,4-8H2,1-3H3,(H,19,20). The van der Waals surface area contributed by atoms with Gasteiger partial charge in [-0.25, -0.2) is 0 Å². The van der Waals surface area contributed by atoms with E-state index in [0.29, 0.717) is 12.8 Å². The van der Waals surface area contributed by atoms with Gasteiger partial charge in [-0.1, -0.05) is 6.42 Å². The third-order valence-corrected chi connectivity index (χ3v) is 3.86. The molecule has 122 valence electrons. The fourth-order valence-corrected chi connectivity index (χ4v) is 2.71. The quantitative estimate of drug-likeness (QED) is 0.871. The number of aliphatic carboxylic acids is 1. The van der Waals surface area contributed by atoms with Gasteiger partial charge in [0, 0.05) is 11.5 Å². The molecule has 0 aromatic heterocycles. The lowest BCUT2D eigenvalue weighted by molar-refractivity contribution is -0.188. The number of amides is 1. The van der Waals surface area contributed by atoms with Crippen LogP contribution in [-0.4, -0.2) is 40.1 Å². The maximum absolute atomic E-state index is 12.8. The summed E-state index contributed by atoms with van der Waals surface area (Å²) < 4.78 is 38.4. The molecule has 1 aliphatic rings. The second-order valence-corrected chi connectivity index (χ2v) is 6.59. The van der Waals surface area contributed by atoms with E-state index in [1.807, 2.05) is 0 Å². The SMILES string of the molecule is CC(C)(C)N(CC(=O)O)C(=O)C1CCCC(C(F)(F)F)C1. The van der Waals surface area contributed by atoms with Gasteiger partial charge in [0.2, 0.25) is 5.91 Å². The van der Waals surface area contributed by atoms with Crippen molar-refractivity contribution in [1.82, 2.24) is 4.90 Å². The van der Waals surface area contributed by atoms with E-state index in [2.05, 4.69) is 0 Å². The van der Waals surface area contributed by atoms with Gasteiger partial charge in [0.25, 0.3) is 0 Å². The van der Waals surface area contributed by atoms with Gasteiger partial charge in [-0.2, -0.15) is 13.2 Å². The Morgan fingerprint density at radius 3 is 2.19 bits per heavy atom. The van der Waals surface area contributed by atoms with Crippen molar-refractivity contribution in [2.45, 2.75) is 58.2 Å². The molecule has 1 aliphatic carbocycles. The third-order valence-electron chi connectivity index (χ3n) is 3.86. The van der Waals surface area contributed by atoms with E-state index >= 15 is 0 Å². The number of carboxylic acid groups (broad SMARTS) is 1. The van der Waals surface area contributed by atoms with Gasteiger partial charge in [0.15, 0.2) is 0 Å². The monoisotopic (exact) mass is 309 g/mol. The van der Waals surface area contributed by atoms with E-state index in [-0.39, 0.29) is 12.8 Å². The van der Waals surface area contributed by atoms with Crippen molar-refractivity contribution in [3.05, 3.63) is 0 Å². The first-order valence-corrected chi connectivity index (χ1v) is 7.03. The Kier molecular flexibility index (Phi) is 5.28. The molecule has 0 aliphatic heterocycles. The zero-order valence-electron chi connectivity index (χ0n) is 12.5. The van der Waals surface area contributed by atoms with E-state index in [4.69, 9.17) is 5.11 Å². The van der Waals surface area contributed by atoms with Crippen LogP contribution in [0.3, 0.4) is 0 Å². The maximum atomic E-state index is 12.8. The summed E-state index contributed by atoms with van der Waals surface area (Å²) in [6.45, 7) is 4.54. The van der Waals surface area contributed by atoms with Crippen LogP contribution in [0.4, 0.5) is 13.2 Å². The van der Waals surface area contributed by atoms with E-state index in [0.717, 1.165) is 0 Å². The Labute approximate surface area is 122 Å². The number of carbonyl (C=O) groups is 2. The van der Waals surface area contributed by atoms with Gasteiger partial charge < -0.3 is 10.0 Å². The summed E-state index contributed by atoms with van der Waals surface area (Å²) >= 11 is 0. The normalized spacial score (nSPS) is 23.7. The summed E-state index contributed by atoms with van der Waals surface area (Å²) in [4.78, 5) is 24.5. The Hall–Kier alpha value is -1.27. The Morgan fingerprint density at radius 2 is 1.76 bits per heavy atom. The van der Waals surface area contributed by atoms with Crippen LogP contribution in [-0.2, 0) is 9.59 Å². The van der Waals surface area contributed by atoms with Crippen molar-refractivity contribution < 1.29 is 27.9 Å². The molecule has 0 heterocycles. The highest BCUT2D eigenvalue weighted by atomic mass is 19.4. The Bertz CT molecular complexity index is 401. The van der Waals surface area contributed by atoms with Crippen molar-refractivity contribution in [2.75, 3.05) is 6.54 Å². The molecule has 0 aromatic rings. The Morgan fingerprint density at radius 1 is 1.19 bits per heavy atom. The first-order valence-electron chi connectivity index (χ1n) is 7.03. The number of hydrogen-bond donors (Lipinski definition) is 1. The van der Waals surface area contributed by atoms with Gasteiger partial charge >= 0.3 is 12.1 Å². The fraction of sp³-hybridized carbons (Fsp3) is 0.857. The molecule has 0 spiro atoms. The highest BCUT2D eigenvalue weighted by Crippen LogP contribution is 2.40. The van der Waals surface area contributed by atoms with Crippen LogP contribution in [0.1, 0.15) is 46.5 Å². The number of nitrogens with zero attached hydrogens (tertiary/aromatic N) is 1. The average Bonchev–Trinajstić information content (AvgIpc) is 2.33. The van der Waals surface area contributed by atoms with Crippen molar-refractivity contribution in [1.29, 1.82) is 0 Å². The molecule has 0 bridgehead atoms. The first kappa shape index (κ1) is 17.8. The predicted molar refractivity (Wildman–Crippen MR) is 70.6 cm³/mol. The van der Waals surface area contributed by atoms with Gasteiger partial charge in [-0.05, 0) is 40.0 Å². The van der Waals surface area contributed by atoms with Crippen molar-refractivity contribution in [3.63, 3.8) is 0 Å². The number of halogens is 3. The number of carbonyl (C=O) groups excluding carboxylic acids is 1. The molecule has 1 rings (SSSR count). The number of alkyl halides is 3. The zero-order chi connectivity index (χ0) is 16.4. The largest absolute Gasteiger partial charge is 0.480 e. The molecule has 1 N–H and O–H groups in total. The van der Waals surface area contributed by atoms with Crippen LogP contribution in [0.15, 0.2) is 0 Å². The lowest BCUT2D eigenvalue weighted by Crippen LogP contribution is -2.51. The minimum absolute atomic E-state index is 0.0434. The maximum Gasteiger partial charge on any atom is 0.391 e. The van der Waals surface area contributed by atoms with Crippen molar-refractivity contribution in [2.24, 2.45) is 11.8 Å². The summed E-state index contributed by atoms with van der Waals surface area (Å²) in [5, 5.41) is 8.90. The molecule has 7 heteroatoms. The number of hydrogen-bond acceptors (Lipinski definition) is 2. The molecule has 1 fully saturated rings. The van der Waals surface area contributed by atoms with Crippen LogP contribution in [0.2, 0.25) is 0 Å². The van der Waals surface area contributed by atoms with E-state index < -0.39 is 42.0 Å². The molecule has 1 saturated carbocycles. The van der Waals surface area contributed by atoms with Gasteiger partial charge in [-0.3, -0.25) is 9.59 Å². The smallest absolute Gasteiger partial charge is 0.391 e. The van der Waals surface area contributed by atoms with Gasteiger partial charge in [-0.15, -0.1) is 0 Å². The molecule has 0 aromatic carbocycles. The molecule has 2 unspecified atom stereocenters. The molecule has 21 heavy (non-hydrogen) atoms. The molecular weight excluding hydrogens is 287 g/mol. The molecule has 0 radical (unpaired) electrons. The second-order valence-electron chi connectivity index (χ2n) is 6.59. The average molecular weight is 309 g/mol. The minimum Gasteiger partial charge on any atom is -0.480 e. The number of rotatable bonds is 3. The van der Waals surface area contributed by atoms with Gasteiger partial charge in [0.05, 0.1) is 5.92 Å². The predicted octanol–water partition coefficient (Wildman–Crippen LogP) is 3.07. The first-order chi connectivity index (χ1) is 9.43. The van der Waals surface area contributed by atoms with Crippen molar-refractivity contribution >= 4 is 11.9 Å². The topological polar surface area (TPSA) is 57.6 Å². The van der Waals surface area contributed by atoms with Crippen LogP contribution >= 0.6 is 0 Å². The van der Waals surface area contributed by atoms with Crippen LogP contribution in [0.5, 0.6) is 0 Å². The molecule has 2 atom stereocenters. The molecule has 1 amide bonds. The summed E-state index contributed by atoms with van der Waals surface area (Å²) in [6, 6.07) is 0. The lowest BCUT2D eigenvalue weighted by atomic mass is 9.80. The zero-order valence-corrected chi connectivity index (χ0v) is 12.5. The number of carboxylic acids is 1. The summed E-state index contributed by atoms with van der Waals surface area (Å²) in [7, 11) is 0. The summed E-state index contributed by atoms with van der Waals surface area (Å²) in [6.07, 6.45) is -3.77. The fourth-order valence-electron chi connectivity index (χ4n) is 2.71. The highest BCUT2D eigenvalue weighted by Gasteiger charge is 2.45. The van der Waals surface area contributed by atoms with E-state index in [9.17, 15) is 22.8 Å². The summed E-state index contributed by atoms with van der Waals surface area (Å²) in [5.41, 5.74) is -0.735. The van der Waals surface area contributed by atoms with Crippen molar-refractivity contribution in [3.8, 4) is 0 Å². The van der Waals surface area contributed by atoms with Crippen LogP contribution in [0.25, 0.3) is 0 Å². The van der Waals surface area contributed by atoms with E-state index in [1.165, 1.54) is 4.90 Å². The third kappa shape index (κ3) is 4.89. The van der Waals surface area contributed by atoms with Crippen LogP contribution < -0.4 is 0 Å². The van der Waals surface area contributed by atoms with E-state index in [1.54, 1.807) is 20.8 Å². The lowest BCUT2D eigenvalue weighted by Gasteiger charge is -2.39. The van der Waals surface area contributed by atoms with Crippen LogP contribution in [0, 0.1) is 11.8 Å². The Balaban J connectivity index is 2.86. The molecule has 0 saturated heterocycles. The minimum atomic E-state index is -4.29. The highest BCUT2D eigenvalue weighted by molar-refractivity contribution is 5.83. The van der Waals surface area contributed by atoms with Gasteiger partial charge in [0.1, 0.15) is 6.54 Å². The second kappa shape index (κ2) is 6.23.